The van der Waals surface area contributed by atoms with E-state index in [1.54, 1.807) is 38.9 Å². The summed E-state index contributed by atoms with van der Waals surface area (Å²) in [4.78, 5) is 20.7. The number of methoxy groups -OCH3 is 1. The van der Waals surface area contributed by atoms with Crippen LogP contribution in [0.1, 0.15) is 19.5 Å². The van der Waals surface area contributed by atoms with Gasteiger partial charge in [-0.15, -0.1) is 0 Å². The van der Waals surface area contributed by atoms with Gasteiger partial charge in [-0.3, -0.25) is 4.68 Å². The minimum absolute atomic E-state index is 0.252. The van der Waals surface area contributed by atoms with Gasteiger partial charge in [0.15, 0.2) is 13.1 Å². The van der Waals surface area contributed by atoms with Gasteiger partial charge in [0, 0.05) is 68.6 Å². The molecule has 5 rings (SSSR count). The molecule has 0 radical (unpaired) electrons. The molecule has 0 aromatic carbocycles. The number of aryl methyl sites for hydroxylation is 1. The van der Waals surface area contributed by atoms with Crippen molar-refractivity contribution >= 4 is 58.0 Å². The Hall–Kier alpha value is -3.70. The molecular weight excluding hydrogens is 595 g/mol. The van der Waals surface area contributed by atoms with E-state index in [-0.39, 0.29) is 6.04 Å². The molecule has 0 saturated heterocycles. The lowest BCUT2D eigenvalue weighted by atomic mass is 10.1. The molecule has 0 amide bonds. The van der Waals surface area contributed by atoms with Crippen molar-refractivity contribution in [2.75, 3.05) is 47.6 Å². The molecule has 0 fully saturated rings. The van der Waals surface area contributed by atoms with E-state index >= 15 is 0 Å². The molecule has 0 atom stereocenters. The van der Waals surface area contributed by atoms with E-state index in [1.807, 2.05) is 30.1 Å². The number of fused-ring (bicyclic) bond motifs is 3. The van der Waals surface area contributed by atoms with E-state index < -0.39 is 7.29 Å². The summed E-state index contributed by atoms with van der Waals surface area (Å²) in [5.41, 5.74) is 4.40. The molecule has 1 aliphatic rings. The Morgan fingerprint density at radius 1 is 1.07 bits per heavy atom. The van der Waals surface area contributed by atoms with Gasteiger partial charge in [-0.2, -0.15) is 15.1 Å². The van der Waals surface area contributed by atoms with Gasteiger partial charge in [0.25, 0.3) is 0 Å². The first kappa shape index (κ1) is 27.9. The number of ether oxygens (including phenoxy) is 1. The Labute approximate surface area is 241 Å². The Morgan fingerprint density at radius 2 is 1.88 bits per heavy atom. The fourth-order valence-electron chi connectivity index (χ4n) is 4.58. The second-order valence-electron chi connectivity index (χ2n) is 10.1. The topological polar surface area (TPSA) is 135 Å². The summed E-state index contributed by atoms with van der Waals surface area (Å²) in [6, 6.07) is 5.89. The molecule has 0 saturated carbocycles. The first-order valence-electron chi connectivity index (χ1n) is 12.8. The Morgan fingerprint density at radius 3 is 2.60 bits per heavy atom. The third-order valence-corrected chi connectivity index (χ3v) is 7.75. The molecule has 14 heteroatoms. The Balaban J connectivity index is 1.52. The molecule has 12 nitrogen and oxygen atoms in total. The van der Waals surface area contributed by atoms with E-state index in [1.165, 1.54) is 0 Å². The molecule has 0 spiro atoms. The normalized spacial score (nSPS) is 12.9. The van der Waals surface area contributed by atoms with Crippen molar-refractivity contribution < 1.29 is 9.30 Å². The predicted molar refractivity (Wildman–Crippen MR) is 163 cm³/mol. The molecule has 5 heterocycles. The number of nitrogens with one attached hydrogen (secondary N) is 3. The van der Waals surface area contributed by atoms with Gasteiger partial charge in [-0.1, -0.05) is 0 Å². The zero-order valence-electron chi connectivity index (χ0n) is 23.2. The smallest absolute Gasteiger partial charge is 0.239 e. The van der Waals surface area contributed by atoms with Crippen LogP contribution in [0.15, 0.2) is 41.3 Å². The Kier molecular flexibility index (Phi) is 7.70. The average Bonchev–Trinajstić information content (AvgIpc) is 3.17. The fourth-order valence-corrected chi connectivity index (χ4v) is 5.56. The third kappa shape index (κ3) is 5.75. The summed E-state index contributed by atoms with van der Waals surface area (Å²) in [6.45, 7) is 8.43. The van der Waals surface area contributed by atoms with Crippen LogP contribution in [0.25, 0.3) is 11.1 Å². The van der Waals surface area contributed by atoms with Crippen LogP contribution in [0.3, 0.4) is 0 Å². The SMILES string of the molecule is COc1nc2c(cc1Nc1ncc(Br)c(Nc3cccnc3NP(C)(C)=O)n1)-c1cnn(C)c1CCN2C(C)C. The first-order chi connectivity index (χ1) is 19.0. The molecule has 40 heavy (non-hydrogen) atoms. The molecule has 3 N–H and O–H groups in total. The maximum atomic E-state index is 12.4. The molecule has 1 aliphatic heterocycles. The van der Waals surface area contributed by atoms with E-state index in [2.05, 4.69) is 70.4 Å². The minimum atomic E-state index is -2.58. The summed E-state index contributed by atoms with van der Waals surface area (Å²) in [5, 5.41) is 14.0. The highest BCUT2D eigenvalue weighted by Crippen LogP contribution is 2.42. The number of halogens is 1. The molecular formula is C26H32BrN10O2P. The monoisotopic (exact) mass is 626 g/mol. The van der Waals surface area contributed by atoms with Crippen LogP contribution in [0.4, 0.5) is 34.8 Å². The lowest BCUT2D eigenvalue weighted by molar-refractivity contribution is 0.400. The quantitative estimate of drug-likeness (QED) is 0.209. The number of hydrogen-bond donors (Lipinski definition) is 3. The first-order valence-corrected chi connectivity index (χ1v) is 16.1. The maximum Gasteiger partial charge on any atom is 0.239 e. The lowest BCUT2D eigenvalue weighted by Crippen LogP contribution is -2.33. The van der Waals surface area contributed by atoms with Gasteiger partial charge in [0.1, 0.15) is 17.3 Å². The standard InChI is InChI=1S/C26H32BrN10O2P/c1-15(2)37-11-9-21-17(13-30-36(21)3)16-12-20(25(39-4)34-24(16)37)32-26-29-14-18(27)22(33-26)31-19-8-7-10-28-23(19)35-40(5,6)38/h7-8,10,12-15H,9,11H2,1-6H3,(H,28,35,38)(H2,29,31,32,33). The van der Waals surface area contributed by atoms with Crippen molar-refractivity contribution in [3.63, 3.8) is 0 Å². The molecule has 4 aromatic heterocycles. The van der Waals surface area contributed by atoms with Crippen molar-refractivity contribution in [3.8, 4) is 17.0 Å². The third-order valence-electron chi connectivity index (χ3n) is 6.42. The fraction of sp³-hybridized carbons (Fsp3) is 0.346. The van der Waals surface area contributed by atoms with Gasteiger partial charge in [-0.25, -0.2) is 9.97 Å². The summed E-state index contributed by atoms with van der Waals surface area (Å²) < 4.78 is 20.7. The van der Waals surface area contributed by atoms with E-state index in [0.717, 1.165) is 35.6 Å². The second kappa shape index (κ2) is 11.1. The zero-order chi connectivity index (χ0) is 28.6. The largest absolute Gasteiger partial charge is 0.479 e. The molecule has 0 aliphatic carbocycles. The number of aromatic nitrogens is 6. The van der Waals surface area contributed by atoms with Crippen molar-refractivity contribution in [1.29, 1.82) is 0 Å². The number of anilines is 6. The van der Waals surface area contributed by atoms with Crippen LogP contribution in [0.5, 0.6) is 5.88 Å². The summed E-state index contributed by atoms with van der Waals surface area (Å²) in [7, 11) is 0.980. The molecule has 0 bridgehead atoms. The highest BCUT2D eigenvalue weighted by atomic mass is 79.9. The van der Waals surface area contributed by atoms with Gasteiger partial charge in [0.2, 0.25) is 11.8 Å². The highest BCUT2D eigenvalue weighted by molar-refractivity contribution is 9.10. The van der Waals surface area contributed by atoms with Crippen LogP contribution in [-0.2, 0) is 18.0 Å². The van der Waals surface area contributed by atoms with Gasteiger partial charge >= 0.3 is 0 Å². The van der Waals surface area contributed by atoms with Crippen LogP contribution in [-0.4, -0.2) is 62.7 Å². The predicted octanol–water partition coefficient (Wildman–Crippen LogP) is 5.65. The summed E-state index contributed by atoms with van der Waals surface area (Å²) in [6.07, 6.45) is 6.03. The van der Waals surface area contributed by atoms with Crippen molar-refractivity contribution in [2.45, 2.75) is 26.3 Å². The average molecular weight is 627 g/mol. The Bertz CT molecular complexity index is 1600. The van der Waals surface area contributed by atoms with Crippen molar-refractivity contribution in [2.24, 2.45) is 7.05 Å². The number of hydrogen-bond acceptors (Lipinski definition) is 10. The number of pyridine rings is 2. The second-order valence-corrected chi connectivity index (χ2v) is 13.9. The molecule has 210 valence electrons. The summed E-state index contributed by atoms with van der Waals surface area (Å²) >= 11 is 3.52. The lowest BCUT2D eigenvalue weighted by Gasteiger charge is -2.28. The number of nitrogens with zero attached hydrogens (tertiary/aromatic N) is 7. The van der Waals surface area contributed by atoms with Gasteiger partial charge < -0.3 is 29.9 Å². The van der Waals surface area contributed by atoms with Crippen LogP contribution < -0.4 is 25.4 Å². The van der Waals surface area contributed by atoms with Crippen molar-refractivity contribution in [3.05, 3.63) is 47.0 Å². The van der Waals surface area contributed by atoms with E-state index in [4.69, 9.17) is 9.72 Å². The zero-order valence-corrected chi connectivity index (χ0v) is 25.7. The van der Waals surface area contributed by atoms with Crippen LogP contribution in [0, 0.1) is 0 Å². The van der Waals surface area contributed by atoms with E-state index in [9.17, 15) is 4.57 Å². The minimum Gasteiger partial charge on any atom is -0.479 e. The number of rotatable bonds is 8. The van der Waals surface area contributed by atoms with Crippen LogP contribution >= 0.6 is 23.2 Å². The highest BCUT2D eigenvalue weighted by Gasteiger charge is 2.27. The molecule has 0 unspecified atom stereocenters. The van der Waals surface area contributed by atoms with Gasteiger partial charge in [0.05, 0.1) is 23.5 Å². The van der Waals surface area contributed by atoms with Crippen LogP contribution in [0.2, 0.25) is 0 Å². The van der Waals surface area contributed by atoms with Gasteiger partial charge in [-0.05, 0) is 48.0 Å². The van der Waals surface area contributed by atoms with Crippen molar-refractivity contribution in [1.82, 2.24) is 29.7 Å². The van der Waals surface area contributed by atoms with E-state index in [0.29, 0.717) is 39.3 Å². The molecule has 4 aromatic rings. The summed E-state index contributed by atoms with van der Waals surface area (Å²) in [5.74, 6) is 2.58. The maximum absolute atomic E-state index is 12.4.